The molecule has 0 unspecified atom stereocenters. The molecule has 2 heteroatoms. The largest absolute Gasteiger partial charge is 0.494 e. The molecule has 0 N–H and O–H groups in total. The predicted molar refractivity (Wildman–Crippen MR) is 84.3 cm³/mol. The lowest BCUT2D eigenvalue weighted by atomic mass is 10.1. The first kappa shape index (κ1) is 16.7. The van der Waals surface area contributed by atoms with Crippen molar-refractivity contribution in [2.45, 2.75) is 65.2 Å². The molecule has 1 aromatic carbocycles. The lowest BCUT2D eigenvalue weighted by Crippen LogP contribution is -2.00. The van der Waals surface area contributed by atoms with Crippen LogP contribution in [0.5, 0.6) is 5.75 Å². The zero-order valence-corrected chi connectivity index (χ0v) is 13.0. The lowest BCUT2D eigenvalue weighted by Gasteiger charge is -2.07. The summed E-state index contributed by atoms with van der Waals surface area (Å²) in [5.74, 6) is 1.35. The van der Waals surface area contributed by atoms with Crippen LogP contribution in [-0.4, -0.2) is 12.4 Å². The smallest absolute Gasteiger partial charge is 0.132 e. The first-order valence-electron chi connectivity index (χ1n) is 7.99. The van der Waals surface area contributed by atoms with E-state index >= 15 is 0 Å². The maximum Gasteiger partial charge on any atom is 0.132 e. The molecule has 0 heterocycles. The molecule has 0 aromatic heterocycles. The monoisotopic (exact) mass is 276 g/mol. The van der Waals surface area contributed by atoms with Crippen LogP contribution in [0.1, 0.15) is 64.4 Å². The summed E-state index contributed by atoms with van der Waals surface area (Å²) >= 11 is 0. The second kappa shape index (κ2) is 10.5. The van der Waals surface area contributed by atoms with E-state index in [4.69, 9.17) is 4.74 Å². The minimum Gasteiger partial charge on any atom is -0.494 e. The molecular formula is C18H28O2. The van der Waals surface area contributed by atoms with Crippen LogP contribution in [0.25, 0.3) is 0 Å². The number of ether oxygens (including phenoxy) is 1. The van der Waals surface area contributed by atoms with E-state index in [1.165, 1.54) is 12.0 Å². The molecule has 0 atom stereocenters. The molecule has 1 aromatic rings. The van der Waals surface area contributed by atoms with Crippen LogP contribution in [-0.2, 0) is 11.2 Å². The number of aryl methyl sites for hydroxylation is 1. The molecule has 20 heavy (non-hydrogen) atoms. The zero-order chi connectivity index (χ0) is 14.6. The number of rotatable bonds is 11. The fourth-order valence-electron chi connectivity index (χ4n) is 2.24. The summed E-state index contributed by atoms with van der Waals surface area (Å²) in [6.45, 7) is 4.99. The van der Waals surface area contributed by atoms with Crippen LogP contribution in [0, 0.1) is 0 Å². The minimum absolute atomic E-state index is 0.403. The molecule has 0 fully saturated rings. The molecule has 0 bridgehead atoms. The molecule has 0 aliphatic heterocycles. The van der Waals surface area contributed by atoms with Gasteiger partial charge in [0.2, 0.25) is 0 Å². The summed E-state index contributed by atoms with van der Waals surface area (Å²) < 4.78 is 5.71. The lowest BCUT2D eigenvalue weighted by molar-refractivity contribution is -0.119. The number of benzene rings is 1. The topological polar surface area (TPSA) is 26.3 Å². The molecule has 0 spiro atoms. The molecule has 1 rings (SSSR count). The SMILES string of the molecule is CCCC(=O)CCCCCOc1ccc(CCC)cc1. The highest BCUT2D eigenvalue weighted by Gasteiger charge is 2.00. The highest BCUT2D eigenvalue weighted by molar-refractivity contribution is 5.78. The molecule has 0 amide bonds. The summed E-state index contributed by atoms with van der Waals surface area (Å²) in [6, 6.07) is 8.38. The van der Waals surface area contributed by atoms with Crippen LogP contribution >= 0.6 is 0 Å². The van der Waals surface area contributed by atoms with Gasteiger partial charge in [-0.15, -0.1) is 0 Å². The van der Waals surface area contributed by atoms with Gasteiger partial charge in [0, 0.05) is 12.8 Å². The number of ketones is 1. The van der Waals surface area contributed by atoms with E-state index in [0.29, 0.717) is 5.78 Å². The number of carbonyl (C=O) groups excluding carboxylic acids is 1. The summed E-state index contributed by atoms with van der Waals surface area (Å²) in [5, 5.41) is 0. The summed E-state index contributed by atoms with van der Waals surface area (Å²) in [6.07, 6.45) is 7.84. The van der Waals surface area contributed by atoms with Gasteiger partial charge in [0.1, 0.15) is 11.5 Å². The molecule has 0 saturated heterocycles. The van der Waals surface area contributed by atoms with Gasteiger partial charge in [-0.05, 0) is 49.8 Å². The van der Waals surface area contributed by atoms with Crippen LogP contribution < -0.4 is 4.74 Å². The number of hydrogen-bond donors (Lipinski definition) is 0. The van der Waals surface area contributed by atoms with E-state index in [2.05, 4.69) is 38.1 Å². The van der Waals surface area contributed by atoms with Gasteiger partial charge in [0.05, 0.1) is 6.61 Å². The van der Waals surface area contributed by atoms with Crippen LogP contribution in [0.3, 0.4) is 0 Å². The van der Waals surface area contributed by atoms with Crippen molar-refractivity contribution in [2.75, 3.05) is 6.61 Å². The number of hydrogen-bond acceptors (Lipinski definition) is 2. The van der Waals surface area contributed by atoms with Gasteiger partial charge in [-0.3, -0.25) is 4.79 Å². The normalized spacial score (nSPS) is 10.5. The zero-order valence-electron chi connectivity index (χ0n) is 13.0. The van der Waals surface area contributed by atoms with Crippen LogP contribution in [0.4, 0.5) is 0 Å². The Morgan fingerprint density at radius 2 is 1.70 bits per heavy atom. The molecule has 0 saturated carbocycles. The van der Waals surface area contributed by atoms with E-state index in [1.807, 2.05) is 0 Å². The Balaban J connectivity index is 2.07. The molecule has 0 aliphatic rings. The van der Waals surface area contributed by atoms with Gasteiger partial charge in [-0.2, -0.15) is 0 Å². The standard InChI is InChI=1S/C18H28O2/c1-3-8-16-11-13-18(14-12-16)20-15-7-5-6-10-17(19)9-4-2/h11-14H,3-10,15H2,1-2H3. The third-order valence-electron chi connectivity index (χ3n) is 3.36. The van der Waals surface area contributed by atoms with Crippen molar-refractivity contribution in [1.82, 2.24) is 0 Å². The van der Waals surface area contributed by atoms with Crippen molar-refractivity contribution in [3.8, 4) is 5.75 Å². The quantitative estimate of drug-likeness (QED) is 0.535. The second-order valence-corrected chi connectivity index (χ2v) is 5.34. The van der Waals surface area contributed by atoms with E-state index in [9.17, 15) is 4.79 Å². The van der Waals surface area contributed by atoms with Gasteiger partial charge < -0.3 is 4.74 Å². The van der Waals surface area contributed by atoms with Crippen molar-refractivity contribution < 1.29 is 9.53 Å². The van der Waals surface area contributed by atoms with Gasteiger partial charge in [0.15, 0.2) is 0 Å². The van der Waals surface area contributed by atoms with E-state index in [1.54, 1.807) is 0 Å². The number of carbonyl (C=O) groups is 1. The van der Waals surface area contributed by atoms with Crippen molar-refractivity contribution >= 4 is 5.78 Å². The average Bonchev–Trinajstić information content (AvgIpc) is 2.45. The summed E-state index contributed by atoms with van der Waals surface area (Å²) in [5.41, 5.74) is 1.37. The summed E-state index contributed by atoms with van der Waals surface area (Å²) in [7, 11) is 0. The fourth-order valence-corrected chi connectivity index (χ4v) is 2.24. The van der Waals surface area contributed by atoms with Crippen molar-refractivity contribution in [2.24, 2.45) is 0 Å². The Hall–Kier alpha value is -1.31. The van der Waals surface area contributed by atoms with Gasteiger partial charge in [-0.1, -0.05) is 32.4 Å². The van der Waals surface area contributed by atoms with Gasteiger partial charge >= 0.3 is 0 Å². The molecular weight excluding hydrogens is 248 g/mol. The first-order valence-corrected chi connectivity index (χ1v) is 7.99. The Morgan fingerprint density at radius 1 is 0.950 bits per heavy atom. The molecule has 2 nitrogen and oxygen atoms in total. The Kier molecular flexibility index (Phi) is 8.77. The third kappa shape index (κ3) is 7.32. The minimum atomic E-state index is 0.403. The Labute approximate surface area is 123 Å². The Morgan fingerprint density at radius 3 is 2.35 bits per heavy atom. The highest BCUT2D eigenvalue weighted by atomic mass is 16.5. The maximum absolute atomic E-state index is 11.4. The number of unbranched alkanes of at least 4 members (excludes halogenated alkanes) is 2. The van der Waals surface area contributed by atoms with E-state index < -0.39 is 0 Å². The third-order valence-corrected chi connectivity index (χ3v) is 3.36. The van der Waals surface area contributed by atoms with E-state index in [-0.39, 0.29) is 0 Å². The average molecular weight is 276 g/mol. The first-order chi connectivity index (χ1) is 9.76. The summed E-state index contributed by atoms with van der Waals surface area (Å²) in [4.78, 5) is 11.4. The second-order valence-electron chi connectivity index (χ2n) is 5.34. The molecule has 0 radical (unpaired) electrons. The fraction of sp³-hybridized carbons (Fsp3) is 0.611. The number of Topliss-reactive ketones (excluding diaryl/α,β-unsaturated/α-hetero) is 1. The van der Waals surface area contributed by atoms with Gasteiger partial charge in [-0.25, -0.2) is 0 Å². The predicted octanol–water partition coefficient (Wildman–Crippen LogP) is 4.95. The van der Waals surface area contributed by atoms with Crippen molar-refractivity contribution in [1.29, 1.82) is 0 Å². The maximum atomic E-state index is 11.4. The van der Waals surface area contributed by atoms with Crippen molar-refractivity contribution in [3.05, 3.63) is 29.8 Å². The van der Waals surface area contributed by atoms with E-state index in [0.717, 1.165) is 57.3 Å². The van der Waals surface area contributed by atoms with Crippen LogP contribution in [0.2, 0.25) is 0 Å². The van der Waals surface area contributed by atoms with Crippen LogP contribution in [0.15, 0.2) is 24.3 Å². The molecule has 0 aliphatic carbocycles. The van der Waals surface area contributed by atoms with Crippen molar-refractivity contribution in [3.63, 3.8) is 0 Å². The molecule has 112 valence electrons. The van der Waals surface area contributed by atoms with Gasteiger partial charge in [0.25, 0.3) is 0 Å². The Bertz CT molecular complexity index is 368. The highest BCUT2D eigenvalue weighted by Crippen LogP contribution is 2.14.